The van der Waals surface area contributed by atoms with E-state index in [1.807, 2.05) is 13.8 Å². The first-order valence-corrected chi connectivity index (χ1v) is 6.05. The van der Waals surface area contributed by atoms with Crippen LogP contribution in [-0.2, 0) is 0 Å². The molecule has 0 spiro atoms. The maximum absolute atomic E-state index is 13.3. The highest BCUT2D eigenvalue weighted by molar-refractivity contribution is 5.44. The van der Waals surface area contributed by atoms with Crippen LogP contribution in [0.4, 0.5) is 14.5 Å². The number of hydrogen-bond donors (Lipinski definition) is 1. The van der Waals surface area contributed by atoms with Gasteiger partial charge in [-0.25, -0.2) is 8.78 Å². The Morgan fingerprint density at radius 1 is 1.28 bits per heavy atom. The smallest absolute Gasteiger partial charge is 0.181 e. The number of anilines is 1. The summed E-state index contributed by atoms with van der Waals surface area (Å²) in [6.45, 7) is 4.36. The van der Waals surface area contributed by atoms with Crippen LogP contribution in [-0.4, -0.2) is 6.54 Å². The lowest BCUT2D eigenvalue weighted by atomic mass is 9.89. The van der Waals surface area contributed by atoms with Gasteiger partial charge in [0.1, 0.15) is 0 Å². The quantitative estimate of drug-likeness (QED) is 0.774. The maximum atomic E-state index is 13.3. The minimum absolute atomic E-state index is 0.189. The molecule has 4 heteroatoms. The van der Waals surface area contributed by atoms with E-state index in [-0.39, 0.29) is 11.1 Å². The third-order valence-corrected chi connectivity index (χ3v) is 2.80. The van der Waals surface area contributed by atoms with Crippen molar-refractivity contribution in [2.75, 3.05) is 11.9 Å². The molecule has 1 aromatic carbocycles. The Morgan fingerprint density at radius 2 is 2.00 bits per heavy atom. The van der Waals surface area contributed by atoms with Gasteiger partial charge in [0.05, 0.1) is 17.2 Å². The normalized spacial score (nSPS) is 11.1. The minimum Gasteiger partial charge on any atom is -0.383 e. The first-order chi connectivity index (χ1) is 8.46. The van der Waals surface area contributed by atoms with E-state index in [0.717, 1.165) is 25.3 Å². The SMILES string of the molecule is CC(C)(C#N)CCCCNc1cccc(F)c1F. The molecular formula is C14H18F2N2. The van der Waals surface area contributed by atoms with E-state index in [4.69, 9.17) is 5.26 Å². The third kappa shape index (κ3) is 4.33. The number of rotatable bonds is 6. The standard InChI is InChI=1S/C14H18F2N2/c1-14(2,10-17)8-3-4-9-18-12-7-5-6-11(15)13(12)16/h5-7,18H,3-4,8-9H2,1-2H3. The highest BCUT2D eigenvalue weighted by Crippen LogP contribution is 2.22. The Morgan fingerprint density at radius 3 is 2.67 bits per heavy atom. The largest absolute Gasteiger partial charge is 0.383 e. The fraction of sp³-hybridized carbons (Fsp3) is 0.500. The number of nitriles is 1. The molecule has 0 saturated carbocycles. The monoisotopic (exact) mass is 252 g/mol. The van der Waals surface area contributed by atoms with Crippen molar-refractivity contribution in [1.29, 1.82) is 5.26 Å². The second-order valence-corrected chi connectivity index (χ2v) is 4.98. The highest BCUT2D eigenvalue weighted by Gasteiger charge is 2.15. The van der Waals surface area contributed by atoms with Crippen LogP contribution in [0.3, 0.4) is 0 Å². The zero-order valence-corrected chi connectivity index (χ0v) is 10.8. The Bertz CT molecular complexity index is 436. The molecule has 0 aromatic heterocycles. The molecule has 0 aliphatic heterocycles. The van der Waals surface area contributed by atoms with Gasteiger partial charge in [-0.1, -0.05) is 12.5 Å². The topological polar surface area (TPSA) is 35.8 Å². The predicted octanol–water partition coefficient (Wildman–Crippen LogP) is 4.10. The fourth-order valence-corrected chi connectivity index (χ4v) is 1.61. The summed E-state index contributed by atoms with van der Waals surface area (Å²) in [6, 6.07) is 6.31. The molecule has 1 aromatic rings. The van der Waals surface area contributed by atoms with E-state index in [2.05, 4.69) is 11.4 Å². The van der Waals surface area contributed by atoms with Crippen LogP contribution >= 0.6 is 0 Å². The van der Waals surface area contributed by atoms with E-state index in [1.165, 1.54) is 12.1 Å². The molecule has 0 atom stereocenters. The highest BCUT2D eigenvalue weighted by atomic mass is 19.2. The first-order valence-electron chi connectivity index (χ1n) is 6.05. The maximum Gasteiger partial charge on any atom is 0.181 e. The van der Waals surface area contributed by atoms with E-state index >= 15 is 0 Å². The Kier molecular flexibility index (Phi) is 5.08. The molecule has 0 bridgehead atoms. The van der Waals surface area contributed by atoms with Gasteiger partial charge in [0.2, 0.25) is 0 Å². The van der Waals surface area contributed by atoms with Crippen molar-refractivity contribution in [3.63, 3.8) is 0 Å². The van der Waals surface area contributed by atoms with Gasteiger partial charge in [-0.15, -0.1) is 0 Å². The zero-order chi connectivity index (χ0) is 13.6. The van der Waals surface area contributed by atoms with E-state index < -0.39 is 11.6 Å². The van der Waals surface area contributed by atoms with Crippen molar-refractivity contribution < 1.29 is 8.78 Å². The average Bonchev–Trinajstić information content (AvgIpc) is 2.34. The fourth-order valence-electron chi connectivity index (χ4n) is 1.61. The van der Waals surface area contributed by atoms with E-state index in [9.17, 15) is 8.78 Å². The van der Waals surface area contributed by atoms with Crippen molar-refractivity contribution in [2.24, 2.45) is 5.41 Å². The van der Waals surface area contributed by atoms with Crippen molar-refractivity contribution in [2.45, 2.75) is 33.1 Å². The molecule has 0 radical (unpaired) electrons. The molecule has 0 aliphatic carbocycles. The molecule has 98 valence electrons. The van der Waals surface area contributed by atoms with Crippen molar-refractivity contribution in [3.05, 3.63) is 29.8 Å². The number of hydrogen-bond acceptors (Lipinski definition) is 2. The lowest BCUT2D eigenvalue weighted by Crippen LogP contribution is -2.09. The third-order valence-electron chi connectivity index (χ3n) is 2.80. The van der Waals surface area contributed by atoms with E-state index in [1.54, 1.807) is 0 Å². The Labute approximate surface area is 107 Å². The van der Waals surface area contributed by atoms with Crippen LogP contribution in [0, 0.1) is 28.4 Å². The molecule has 0 saturated heterocycles. The van der Waals surface area contributed by atoms with Gasteiger partial charge in [-0.3, -0.25) is 0 Å². The summed E-state index contributed by atoms with van der Waals surface area (Å²) < 4.78 is 26.2. The van der Waals surface area contributed by atoms with Gasteiger partial charge < -0.3 is 5.32 Å². The van der Waals surface area contributed by atoms with Crippen molar-refractivity contribution >= 4 is 5.69 Å². The van der Waals surface area contributed by atoms with Crippen LogP contribution in [0.2, 0.25) is 0 Å². The average molecular weight is 252 g/mol. The molecule has 2 nitrogen and oxygen atoms in total. The number of nitrogens with one attached hydrogen (secondary N) is 1. The minimum atomic E-state index is -0.842. The molecule has 1 rings (SSSR count). The summed E-state index contributed by atoms with van der Waals surface area (Å²) in [7, 11) is 0. The summed E-state index contributed by atoms with van der Waals surface area (Å²) in [5, 5.41) is 11.7. The molecule has 0 aliphatic rings. The van der Waals surface area contributed by atoms with Crippen LogP contribution < -0.4 is 5.32 Å². The van der Waals surface area contributed by atoms with Gasteiger partial charge in [0, 0.05) is 6.54 Å². The Hall–Kier alpha value is -1.63. The van der Waals surface area contributed by atoms with Gasteiger partial charge in [-0.05, 0) is 38.8 Å². The summed E-state index contributed by atoms with van der Waals surface area (Å²) in [4.78, 5) is 0. The van der Waals surface area contributed by atoms with Crippen molar-refractivity contribution in [1.82, 2.24) is 0 Å². The summed E-state index contributed by atoms with van der Waals surface area (Å²) in [5.74, 6) is -1.68. The predicted molar refractivity (Wildman–Crippen MR) is 68.1 cm³/mol. The zero-order valence-electron chi connectivity index (χ0n) is 10.8. The molecule has 1 N–H and O–H groups in total. The molecule has 0 fully saturated rings. The number of halogens is 2. The number of benzene rings is 1. The van der Waals surface area contributed by atoms with Crippen molar-refractivity contribution in [3.8, 4) is 6.07 Å². The second-order valence-electron chi connectivity index (χ2n) is 4.98. The second kappa shape index (κ2) is 6.34. The number of unbranched alkanes of at least 4 members (excludes halogenated alkanes) is 1. The van der Waals surface area contributed by atoms with Gasteiger partial charge in [0.25, 0.3) is 0 Å². The first kappa shape index (κ1) is 14.4. The summed E-state index contributed by atoms with van der Waals surface area (Å²) in [5.41, 5.74) is -0.126. The molecule has 0 unspecified atom stereocenters. The molecule has 0 heterocycles. The molecule has 0 amide bonds. The van der Waals surface area contributed by atoms with Crippen LogP contribution in [0.25, 0.3) is 0 Å². The lowest BCUT2D eigenvalue weighted by molar-refractivity contribution is 0.430. The van der Waals surface area contributed by atoms with Crippen LogP contribution in [0.1, 0.15) is 33.1 Å². The molecular weight excluding hydrogens is 234 g/mol. The summed E-state index contributed by atoms with van der Waals surface area (Å²) in [6.07, 6.45) is 2.50. The van der Waals surface area contributed by atoms with Gasteiger partial charge >= 0.3 is 0 Å². The Balaban J connectivity index is 2.31. The number of nitrogens with zero attached hydrogens (tertiary/aromatic N) is 1. The lowest BCUT2D eigenvalue weighted by Gasteiger charge is -2.14. The van der Waals surface area contributed by atoms with Gasteiger partial charge in [0.15, 0.2) is 11.6 Å². The molecule has 18 heavy (non-hydrogen) atoms. The van der Waals surface area contributed by atoms with Crippen LogP contribution in [0.15, 0.2) is 18.2 Å². The van der Waals surface area contributed by atoms with E-state index in [0.29, 0.717) is 6.54 Å². The summed E-state index contributed by atoms with van der Waals surface area (Å²) >= 11 is 0. The van der Waals surface area contributed by atoms with Gasteiger partial charge in [-0.2, -0.15) is 5.26 Å². The van der Waals surface area contributed by atoms with Crippen LogP contribution in [0.5, 0.6) is 0 Å².